The van der Waals surface area contributed by atoms with Gasteiger partial charge < -0.3 is 14.5 Å². The topological polar surface area (TPSA) is 27.7 Å². The molecule has 0 aliphatic carbocycles. The van der Waals surface area contributed by atoms with E-state index in [4.69, 9.17) is 4.74 Å². The number of anilines is 2. The molecule has 4 nitrogen and oxygen atoms in total. The average Bonchev–Trinajstić information content (AvgIpc) is 2.83. The van der Waals surface area contributed by atoms with Crippen LogP contribution in [0.2, 0.25) is 0 Å². The van der Waals surface area contributed by atoms with Crippen LogP contribution < -0.4 is 19.9 Å². The van der Waals surface area contributed by atoms with E-state index in [1.54, 1.807) is 0 Å². The molecule has 0 amide bonds. The van der Waals surface area contributed by atoms with E-state index in [0.717, 1.165) is 11.3 Å². The lowest BCUT2D eigenvalue weighted by Gasteiger charge is -2.35. The maximum atomic E-state index is 6.51. The van der Waals surface area contributed by atoms with Crippen LogP contribution in [0.4, 0.5) is 11.4 Å². The van der Waals surface area contributed by atoms with Crippen LogP contribution in [-0.4, -0.2) is 28.2 Å². The first-order chi connectivity index (χ1) is 15.5. The molecule has 0 aromatic heterocycles. The molecule has 0 fully saturated rings. The van der Waals surface area contributed by atoms with Gasteiger partial charge in [-0.1, -0.05) is 54.6 Å². The third-order valence-electron chi connectivity index (χ3n) is 6.24. The van der Waals surface area contributed by atoms with Gasteiger partial charge in [0.2, 0.25) is 0 Å². The molecule has 32 heavy (non-hydrogen) atoms. The van der Waals surface area contributed by atoms with Crippen molar-refractivity contribution in [2.45, 2.75) is 12.3 Å². The molecule has 162 valence electrons. The Morgan fingerprint density at radius 2 is 1.25 bits per heavy atom. The van der Waals surface area contributed by atoms with E-state index >= 15 is 0 Å². The highest BCUT2D eigenvalue weighted by atomic mass is 16.5. The van der Waals surface area contributed by atoms with Crippen LogP contribution in [0.15, 0.2) is 84.9 Å². The molecule has 1 aliphatic rings. The Balaban J connectivity index is 1.60. The van der Waals surface area contributed by atoms with E-state index in [-0.39, 0.29) is 12.3 Å². The summed E-state index contributed by atoms with van der Waals surface area (Å²) in [7, 11) is 8.24. The van der Waals surface area contributed by atoms with Crippen LogP contribution in [0.1, 0.15) is 29.0 Å². The number of hydrogen-bond donors (Lipinski definition) is 1. The van der Waals surface area contributed by atoms with E-state index in [1.165, 1.54) is 33.3 Å². The fourth-order valence-corrected chi connectivity index (χ4v) is 4.41. The van der Waals surface area contributed by atoms with Gasteiger partial charge in [-0.25, -0.2) is 0 Å². The van der Waals surface area contributed by atoms with Gasteiger partial charge in [-0.2, -0.15) is 0 Å². The second-order valence-electron chi connectivity index (χ2n) is 8.77. The fraction of sp³-hybridized carbons (Fsp3) is 0.214. The van der Waals surface area contributed by atoms with Crippen LogP contribution in [0.5, 0.6) is 5.75 Å². The molecule has 0 unspecified atom stereocenters. The van der Waals surface area contributed by atoms with Gasteiger partial charge in [0, 0.05) is 50.7 Å². The molecule has 1 aliphatic heterocycles. The summed E-state index contributed by atoms with van der Waals surface area (Å²) in [6.07, 6.45) is -0.224. The third-order valence-corrected chi connectivity index (χ3v) is 6.24. The highest BCUT2D eigenvalue weighted by Crippen LogP contribution is 2.43. The Bertz CT molecular complexity index is 1230. The van der Waals surface area contributed by atoms with Crippen molar-refractivity contribution in [3.63, 3.8) is 0 Å². The van der Waals surface area contributed by atoms with Crippen LogP contribution in [-0.2, 0) is 0 Å². The molecule has 1 N–H and O–H groups in total. The zero-order valence-electron chi connectivity index (χ0n) is 19.0. The second-order valence-corrected chi connectivity index (χ2v) is 8.77. The lowest BCUT2D eigenvalue weighted by Crippen LogP contribution is -2.35. The largest absolute Gasteiger partial charge is 0.471 e. The summed E-state index contributed by atoms with van der Waals surface area (Å²) in [5, 5.41) is 6.23. The SMILES string of the molecule is CN(C)c1ccc([C@H]2N[C@H](c3ccc(N(C)C)cc3)Oc3ccc4ccccc4c32)cc1. The second kappa shape index (κ2) is 8.21. The minimum absolute atomic E-state index is 0.0274. The van der Waals surface area contributed by atoms with Gasteiger partial charge in [0.25, 0.3) is 0 Å². The normalized spacial score (nSPS) is 17.5. The number of benzene rings is 4. The summed E-state index contributed by atoms with van der Waals surface area (Å²) in [6.45, 7) is 0. The van der Waals surface area contributed by atoms with E-state index in [2.05, 4.69) is 128 Å². The molecule has 0 radical (unpaired) electrons. The maximum absolute atomic E-state index is 6.51. The number of fused-ring (bicyclic) bond motifs is 3. The number of nitrogens with zero attached hydrogens (tertiary/aromatic N) is 2. The predicted molar refractivity (Wildman–Crippen MR) is 134 cm³/mol. The average molecular weight is 424 g/mol. The van der Waals surface area contributed by atoms with Crippen molar-refractivity contribution >= 4 is 22.1 Å². The van der Waals surface area contributed by atoms with Gasteiger partial charge in [0.05, 0.1) is 6.04 Å². The highest BCUT2D eigenvalue weighted by molar-refractivity contribution is 5.89. The smallest absolute Gasteiger partial charge is 0.177 e. The van der Waals surface area contributed by atoms with Crippen LogP contribution in [0.25, 0.3) is 10.8 Å². The zero-order chi connectivity index (χ0) is 22.2. The van der Waals surface area contributed by atoms with Gasteiger partial charge in [0.15, 0.2) is 6.23 Å². The number of nitrogens with one attached hydrogen (secondary N) is 1. The minimum Gasteiger partial charge on any atom is -0.471 e. The van der Waals surface area contributed by atoms with Crippen LogP contribution in [0, 0.1) is 0 Å². The van der Waals surface area contributed by atoms with Crippen molar-refractivity contribution in [3.8, 4) is 5.75 Å². The fourth-order valence-electron chi connectivity index (χ4n) is 4.41. The minimum atomic E-state index is -0.224. The Morgan fingerprint density at radius 1 is 0.656 bits per heavy atom. The van der Waals surface area contributed by atoms with Crippen molar-refractivity contribution in [2.75, 3.05) is 38.0 Å². The summed E-state index contributed by atoms with van der Waals surface area (Å²) in [4.78, 5) is 4.23. The van der Waals surface area contributed by atoms with E-state index in [9.17, 15) is 0 Å². The van der Waals surface area contributed by atoms with Crippen molar-refractivity contribution in [3.05, 3.63) is 102 Å². The third kappa shape index (κ3) is 3.67. The van der Waals surface area contributed by atoms with E-state index in [1.807, 2.05) is 0 Å². The summed E-state index contributed by atoms with van der Waals surface area (Å²) in [5.41, 5.74) is 5.90. The van der Waals surface area contributed by atoms with Gasteiger partial charge in [-0.15, -0.1) is 0 Å². The Labute approximate surface area is 190 Å². The van der Waals surface area contributed by atoms with Crippen LogP contribution >= 0.6 is 0 Å². The van der Waals surface area contributed by atoms with Gasteiger partial charge in [0.1, 0.15) is 5.75 Å². The maximum Gasteiger partial charge on any atom is 0.177 e. The molecule has 0 spiro atoms. The summed E-state index contributed by atoms with van der Waals surface area (Å²) in [5.74, 6) is 0.936. The Hall–Kier alpha value is -3.50. The van der Waals surface area contributed by atoms with Crippen molar-refractivity contribution in [1.29, 1.82) is 0 Å². The van der Waals surface area contributed by atoms with E-state index in [0.29, 0.717) is 0 Å². The lowest BCUT2D eigenvalue weighted by molar-refractivity contribution is 0.134. The molecule has 2 atom stereocenters. The van der Waals surface area contributed by atoms with Crippen molar-refractivity contribution in [1.82, 2.24) is 5.32 Å². The molecular formula is C28H29N3O. The molecule has 4 aromatic rings. The highest BCUT2D eigenvalue weighted by Gasteiger charge is 2.31. The summed E-state index contributed by atoms with van der Waals surface area (Å²) < 4.78 is 6.51. The van der Waals surface area contributed by atoms with Gasteiger partial charge in [-0.3, -0.25) is 5.32 Å². The first-order valence-electron chi connectivity index (χ1n) is 11.0. The summed E-state index contributed by atoms with van der Waals surface area (Å²) >= 11 is 0. The number of ether oxygens (including phenoxy) is 1. The number of rotatable bonds is 4. The van der Waals surface area contributed by atoms with Crippen molar-refractivity contribution < 1.29 is 4.74 Å². The number of hydrogen-bond acceptors (Lipinski definition) is 4. The molecule has 4 aromatic carbocycles. The molecule has 5 rings (SSSR count). The molecule has 0 saturated heterocycles. The summed E-state index contributed by atoms with van der Waals surface area (Å²) in [6, 6.07) is 30.2. The Morgan fingerprint density at radius 3 is 1.88 bits per heavy atom. The monoisotopic (exact) mass is 423 g/mol. The first-order valence-corrected chi connectivity index (χ1v) is 11.0. The standard InChI is InChI=1S/C28H29N3O/c1-30(2)22-14-9-20(10-15-22)27-26-24-8-6-5-7-19(24)13-18-25(26)32-28(29-27)21-11-16-23(17-12-21)31(3)4/h5-18,27-29H,1-4H3/t27-,28+/m1/s1. The Kier molecular flexibility index (Phi) is 5.24. The predicted octanol–water partition coefficient (Wildman–Crippen LogP) is 5.74. The first kappa shape index (κ1) is 20.4. The molecular weight excluding hydrogens is 394 g/mol. The lowest BCUT2D eigenvalue weighted by atomic mass is 9.91. The molecule has 0 saturated carbocycles. The quantitative estimate of drug-likeness (QED) is 0.453. The molecule has 4 heteroatoms. The zero-order valence-corrected chi connectivity index (χ0v) is 19.0. The van der Waals surface area contributed by atoms with Gasteiger partial charge >= 0.3 is 0 Å². The van der Waals surface area contributed by atoms with Crippen LogP contribution in [0.3, 0.4) is 0 Å². The molecule has 0 bridgehead atoms. The van der Waals surface area contributed by atoms with E-state index < -0.39 is 0 Å². The molecule has 1 heterocycles. The van der Waals surface area contributed by atoms with Crippen molar-refractivity contribution in [2.24, 2.45) is 0 Å². The van der Waals surface area contributed by atoms with Gasteiger partial charge in [-0.05, 0) is 46.7 Å².